The van der Waals surface area contributed by atoms with E-state index in [0.717, 1.165) is 10.7 Å². The van der Waals surface area contributed by atoms with Crippen LogP contribution >= 0.6 is 15.9 Å². The van der Waals surface area contributed by atoms with E-state index in [1.165, 1.54) is 19.2 Å². The fraction of sp³-hybridized carbons (Fsp3) is 0.200. The lowest BCUT2D eigenvalue weighted by molar-refractivity contribution is 0.194. The van der Waals surface area contributed by atoms with Gasteiger partial charge in [-0.15, -0.1) is 5.10 Å². The fourth-order valence-corrected chi connectivity index (χ4v) is 1.60. The van der Waals surface area contributed by atoms with Crippen LogP contribution in [-0.2, 0) is 0 Å². The number of aliphatic hydroxyl groups excluding tert-OH is 1. The fourth-order valence-electron chi connectivity index (χ4n) is 1.27. The lowest BCUT2D eigenvalue weighted by atomic mass is 10.3. The number of aliphatic hydroxyl groups is 1. The normalized spacial score (nSPS) is 12.8. The minimum Gasteiger partial charge on any atom is -0.387 e. The Bertz CT molecular complexity index is 556. The molecule has 2 aromatic rings. The molecule has 1 aromatic carbocycles. The summed E-state index contributed by atoms with van der Waals surface area (Å²) in [5.41, 5.74) is 0.363. The zero-order valence-electron chi connectivity index (χ0n) is 8.73. The first-order valence-electron chi connectivity index (χ1n) is 4.74. The minimum absolute atomic E-state index is 0.0534. The van der Waals surface area contributed by atoms with Crippen molar-refractivity contribution in [3.8, 4) is 5.69 Å². The first-order valence-corrected chi connectivity index (χ1v) is 5.53. The Labute approximate surface area is 104 Å². The Kier molecular flexibility index (Phi) is 3.21. The maximum absolute atomic E-state index is 13.5. The Hall–Kier alpha value is -1.34. The molecule has 0 aliphatic heterocycles. The summed E-state index contributed by atoms with van der Waals surface area (Å²) in [6.07, 6.45) is 0.587. The van der Waals surface area contributed by atoms with Gasteiger partial charge in [-0.2, -0.15) is 0 Å². The predicted molar refractivity (Wildman–Crippen MR) is 59.6 cm³/mol. The summed E-state index contributed by atoms with van der Waals surface area (Å²) in [5, 5.41) is 16.6. The van der Waals surface area contributed by atoms with Gasteiger partial charge in [-0.1, -0.05) is 5.21 Å². The van der Waals surface area contributed by atoms with Crippen LogP contribution in [0.2, 0.25) is 0 Å². The van der Waals surface area contributed by atoms with E-state index < -0.39 is 17.7 Å². The molecule has 1 heterocycles. The van der Waals surface area contributed by atoms with Gasteiger partial charge in [0.15, 0.2) is 5.82 Å². The molecule has 0 bridgehead atoms. The monoisotopic (exact) mass is 303 g/mol. The number of benzene rings is 1. The van der Waals surface area contributed by atoms with Gasteiger partial charge in [0.1, 0.15) is 17.2 Å². The number of hydrogen-bond acceptors (Lipinski definition) is 3. The zero-order valence-corrected chi connectivity index (χ0v) is 10.3. The second-order valence-corrected chi connectivity index (χ2v) is 4.34. The van der Waals surface area contributed by atoms with Crippen molar-refractivity contribution < 1.29 is 13.9 Å². The number of nitrogens with zero attached hydrogens (tertiary/aromatic N) is 3. The Morgan fingerprint density at radius 2 is 2.06 bits per heavy atom. The molecule has 0 aliphatic rings. The van der Waals surface area contributed by atoms with Gasteiger partial charge in [-0.3, -0.25) is 0 Å². The quantitative estimate of drug-likeness (QED) is 0.867. The van der Waals surface area contributed by atoms with Crippen molar-refractivity contribution in [2.75, 3.05) is 0 Å². The maximum Gasteiger partial charge on any atom is 0.151 e. The first-order chi connectivity index (χ1) is 7.99. The molecular formula is C10H8BrF2N3O. The van der Waals surface area contributed by atoms with Gasteiger partial charge in [0.25, 0.3) is 0 Å². The van der Waals surface area contributed by atoms with E-state index in [2.05, 4.69) is 26.2 Å². The molecule has 0 saturated heterocycles. The van der Waals surface area contributed by atoms with E-state index >= 15 is 0 Å². The lowest BCUT2D eigenvalue weighted by Gasteiger charge is -2.03. The standard InChI is InChI=1S/C10H8BrF2N3O/c1-5(17)9-4-16(15-14-9)10-2-6(11)7(12)3-8(10)13/h2-5,17H,1H3. The molecular weight excluding hydrogens is 296 g/mol. The van der Waals surface area contributed by atoms with Crippen LogP contribution in [0.25, 0.3) is 5.69 Å². The van der Waals surface area contributed by atoms with Crippen molar-refractivity contribution >= 4 is 15.9 Å². The molecule has 0 aliphatic carbocycles. The highest BCUT2D eigenvalue weighted by molar-refractivity contribution is 9.10. The average molecular weight is 304 g/mol. The molecule has 0 fully saturated rings. The number of hydrogen-bond donors (Lipinski definition) is 1. The highest BCUT2D eigenvalue weighted by atomic mass is 79.9. The SMILES string of the molecule is CC(O)c1cn(-c2cc(Br)c(F)cc2F)nn1. The third kappa shape index (κ3) is 2.34. The number of halogens is 3. The number of rotatable bonds is 2. The van der Waals surface area contributed by atoms with Crippen molar-refractivity contribution in [1.29, 1.82) is 0 Å². The summed E-state index contributed by atoms with van der Waals surface area (Å²) >= 11 is 2.96. The third-order valence-electron chi connectivity index (χ3n) is 2.18. The topological polar surface area (TPSA) is 50.9 Å². The average Bonchev–Trinajstić information content (AvgIpc) is 2.72. The minimum atomic E-state index is -0.796. The van der Waals surface area contributed by atoms with Crippen LogP contribution in [0.1, 0.15) is 18.7 Å². The summed E-state index contributed by atoms with van der Waals surface area (Å²) in [6.45, 7) is 1.52. The molecule has 0 spiro atoms. The molecule has 1 N–H and O–H groups in total. The Morgan fingerprint density at radius 3 is 2.65 bits per heavy atom. The molecule has 90 valence electrons. The van der Waals surface area contributed by atoms with Gasteiger partial charge in [-0.05, 0) is 28.9 Å². The highest BCUT2D eigenvalue weighted by Gasteiger charge is 2.13. The van der Waals surface area contributed by atoms with Crippen LogP contribution in [0.15, 0.2) is 22.8 Å². The molecule has 17 heavy (non-hydrogen) atoms. The second kappa shape index (κ2) is 4.50. The van der Waals surface area contributed by atoms with Crippen LogP contribution in [-0.4, -0.2) is 20.1 Å². The van der Waals surface area contributed by atoms with Gasteiger partial charge in [0.05, 0.1) is 16.8 Å². The van der Waals surface area contributed by atoms with Gasteiger partial charge < -0.3 is 5.11 Å². The van der Waals surface area contributed by atoms with E-state index in [0.29, 0.717) is 5.69 Å². The molecule has 0 saturated carbocycles. The molecule has 2 rings (SSSR count). The summed E-state index contributed by atoms with van der Waals surface area (Å²) < 4.78 is 27.8. The van der Waals surface area contributed by atoms with Gasteiger partial charge in [0, 0.05) is 6.07 Å². The largest absolute Gasteiger partial charge is 0.387 e. The van der Waals surface area contributed by atoms with Crippen molar-refractivity contribution in [3.63, 3.8) is 0 Å². The van der Waals surface area contributed by atoms with E-state index in [1.807, 2.05) is 0 Å². The lowest BCUT2D eigenvalue weighted by Crippen LogP contribution is -2.00. The van der Waals surface area contributed by atoms with Gasteiger partial charge >= 0.3 is 0 Å². The van der Waals surface area contributed by atoms with Gasteiger partial charge in [0.2, 0.25) is 0 Å². The number of aromatic nitrogens is 3. The molecule has 1 unspecified atom stereocenters. The predicted octanol–water partition coefficient (Wildman–Crippen LogP) is 2.36. The maximum atomic E-state index is 13.5. The summed E-state index contributed by atoms with van der Waals surface area (Å²) in [5.74, 6) is -1.45. The van der Waals surface area contributed by atoms with Crippen molar-refractivity contribution in [1.82, 2.24) is 15.0 Å². The van der Waals surface area contributed by atoms with Gasteiger partial charge in [-0.25, -0.2) is 13.5 Å². The van der Waals surface area contributed by atoms with Crippen molar-refractivity contribution in [2.24, 2.45) is 0 Å². The molecule has 0 amide bonds. The molecule has 1 aromatic heterocycles. The molecule has 4 nitrogen and oxygen atoms in total. The highest BCUT2D eigenvalue weighted by Crippen LogP contribution is 2.22. The summed E-state index contributed by atoms with van der Waals surface area (Å²) in [4.78, 5) is 0. The Balaban J connectivity index is 2.49. The molecule has 0 radical (unpaired) electrons. The Morgan fingerprint density at radius 1 is 1.35 bits per heavy atom. The molecule has 7 heteroatoms. The van der Waals surface area contributed by atoms with E-state index in [-0.39, 0.29) is 10.2 Å². The third-order valence-corrected chi connectivity index (χ3v) is 2.78. The molecule has 1 atom stereocenters. The van der Waals surface area contributed by atoms with Crippen LogP contribution in [0, 0.1) is 11.6 Å². The van der Waals surface area contributed by atoms with E-state index in [4.69, 9.17) is 0 Å². The van der Waals surface area contributed by atoms with Crippen LogP contribution in [0.4, 0.5) is 8.78 Å². The van der Waals surface area contributed by atoms with Crippen molar-refractivity contribution in [2.45, 2.75) is 13.0 Å². The summed E-state index contributed by atoms with van der Waals surface area (Å²) in [7, 11) is 0. The second-order valence-electron chi connectivity index (χ2n) is 3.48. The van der Waals surface area contributed by atoms with E-state index in [9.17, 15) is 13.9 Å². The van der Waals surface area contributed by atoms with Crippen LogP contribution < -0.4 is 0 Å². The summed E-state index contributed by atoms with van der Waals surface area (Å²) in [6, 6.07) is 2.01. The van der Waals surface area contributed by atoms with Crippen LogP contribution in [0.3, 0.4) is 0 Å². The first kappa shape index (κ1) is 12.1. The van der Waals surface area contributed by atoms with Crippen LogP contribution in [0.5, 0.6) is 0 Å². The smallest absolute Gasteiger partial charge is 0.151 e. The van der Waals surface area contributed by atoms with Crippen molar-refractivity contribution in [3.05, 3.63) is 40.1 Å². The zero-order chi connectivity index (χ0) is 12.6. The van der Waals surface area contributed by atoms with E-state index in [1.54, 1.807) is 0 Å².